The molecule has 0 bridgehead atoms. The highest BCUT2D eigenvalue weighted by Crippen LogP contribution is 2.23. The molecule has 1 heterocycles. The van der Waals surface area contributed by atoms with Crippen LogP contribution >= 0.6 is 15.9 Å². The van der Waals surface area contributed by atoms with Gasteiger partial charge in [-0.15, -0.1) is 0 Å². The van der Waals surface area contributed by atoms with Crippen LogP contribution in [-0.2, 0) is 14.6 Å². The molecule has 8 heteroatoms. The van der Waals surface area contributed by atoms with Crippen molar-refractivity contribution < 1.29 is 18.0 Å². The lowest BCUT2D eigenvalue weighted by atomic mass is 9.96. The summed E-state index contributed by atoms with van der Waals surface area (Å²) in [6.45, 7) is 3.48. The third-order valence-electron chi connectivity index (χ3n) is 5.36. The van der Waals surface area contributed by atoms with Gasteiger partial charge in [0, 0.05) is 23.8 Å². The molecular formula is C21H31BrN2O4S. The number of nitrogens with zero attached hydrogens (tertiary/aromatic N) is 1. The summed E-state index contributed by atoms with van der Waals surface area (Å²) in [5.41, 5.74) is 0.420. The average Bonchev–Trinajstić information content (AvgIpc) is 2.90. The summed E-state index contributed by atoms with van der Waals surface area (Å²) in [6, 6.07) is 6.11. The fraction of sp³-hybridized carbons (Fsp3) is 0.619. The third kappa shape index (κ3) is 7.74. The highest BCUT2D eigenvalue weighted by Gasteiger charge is 2.29. The molecule has 1 fully saturated rings. The van der Waals surface area contributed by atoms with E-state index < -0.39 is 15.9 Å². The Hall–Kier alpha value is -1.41. The largest absolute Gasteiger partial charge is 0.341 e. The molecular weight excluding hydrogens is 456 g/mol. The number of carbonyl (C=O) groups excluding carboxylic acids is 2. The molecule has 1 N–H and O–H groups in total. The maximum Gasteiger partial charge on any atom is 0.253 e. The first-order valence-corrected chi connectivity index (χ1v) is 13.1. The second-order valence-electron chi connectivity index (χ2n) is 7.84. The van der Waals surface area contributed by atoms with Crippen LogP contribution < -0.4 is 5.32 Å². The fourth-order valence-electron chi connectivity index (χ4n) is 3.77. The molecule has 1 aliphatic heterocycles. The Kier molecular flexibility index (Phi) is 9.14. The molecule has 2 rings (SSSR count). The van der Waals surface area contributed by atoms with E-state index in [0.29, 0.717) is 29.0 Å². The Morgan fingerprint density at radius 1 is 1.24 bits per heavy atom. The van der Waals surface area contributed by atoms with Crippen LogP contribution in [0.3, 0.4) is 0 Å². The summed E-state index contributed by atoms with van der Waals surface area (Å²) in [7, 11) is -3.25. The molecule has 0 aromatic heterocycles. The number of rotatable bonds is 8. The van der Waals surface area contributed by atoms with Gasteiger partial charge < -0.3 is 10.2 Å². The maximum atomic E-state index is 13.2. The summed E-state index contributed by atoms with van der Waals surface area (Å²) in [4.78, 5) is 27.7. The van der Waals surface area contributed by atoms with E-state index in [2.05, 4.69) is 28.2 Å². The van der Waals surface area contributed by atoms with Gasteiger partial charge in [-0.2, -0.15) is 0 Å². The standard InChI is InChI=1S/C21H31BrN2O4S/c1-3-7-16-8-6-13-24(14-11-16)21(26)19(12-15-29(2,27)28)23-20(25)17-9-4-5-10-18(17)22/h4-5,9-10,16,19H,3,6-8,11-15H2,1-2H3,(H,23,25). The normalized spacial score (nSPS) is 18.7. The monoisotopic (exact) mass is 486 g/mol. The van der Waals surface area contributed by atoms with Crippen molar-refractivity contribution in [2.24, 2.45) is 5.92 Å². The molecule has 1 aliphatic rings. The van der Waals surface area contributed by atoms with E-state index in [1.165, 1.54) is 0 Å². The number of benzene rings is 1. The maximum absolute atomic E-state index is 13.2. The Morgan fingerprint density at radius 3 is 2.62 bits per heavy atom. The van der Waals surface area contributed by atoms with E-state index >= 15 is 0 Å². The minimum absolute atomic E-state index is 0.0722. The van der Waals surface area contributed by atoms with Crippen molar-refractivity contribution in [2.75, 3.05) is 25.1 Å². The Balaban J connectivity index is 2.13. The number of likely N-dealkylation sites (tertiary alicyclic amines) is 1. The SMILES string of the molecule is CCCC1CCCN(C(=O)C(CCS(C)(=O)=O)NC(=O)c2ccccc2Br)CC1. The van der Waals surface area contributed by atoms with Crippen LogP contribution in [-0.4, -0.2) is 56.3 Å². The Morgan fingerprint density at radius 2 is 1.97 bits per heavy atom. The molecule has 1 aromatic carbocycles. The molecule has 1 saturated heterocycles. The second kappa shape index (κ2) is 11.1. The molecule has 2 unspecified atom stereocenters. The van der Waals surface area contributed by atoms with Gasteiger partial charge in [0.25, 0.3) is 5.91 Å². The molecule has 2 atom stereocenters. The van der Waals surface area contributed by atoms with Crippen LogP contribution in [0.5, 0.6) is 0 Å². The van der Waals surface area contributed by atoms with Gasteiger partial charge >= 0.3 is 0 Å². The molecule has 1 aromatic rings. The van der Waals surface area contributed by atoms with E-state index in [1.54, 1.807) is 29.2 Å². The van der Waals surface area contributed by atoms with Crippen LogP contribution in [0.4, 0.5) is 0 Å². The van der Waals surface area contributed by atoms with Crippen LogP contribution in [0.15, 0.2) is 28.7 Å². The van der Waals surface area contributed by atoms with Gasteiger partial charge in [-0.05, 0) is 59.7 Å². The van der Waals surface area contributed by atoms with Gasteiger partial charge in [-0.25, -0.2) is 8.42 Å². The van der Waals surface area contributed by atoms with Gasteiger partial charge in [0.05, 0.1) is 11.3 Å². The van der Waals surface area contributed by atoms with Gasteiger partial charge in [0.15, 0.2) is 0 Å². The van der Waals surface area contributed by atoms with Crippen LogP contribution in [0.1, 0.15) is 55.8 Å². The topological polar surface area (TPSA) is 83.6 Å². The van der Waals surface area contributed by atoms with Gasteiger partial charge in [0.2, 0.25) is 5.91 Å². The van der Waals surface area contributed by atoms with Crippen molar-refractivity contribution in [3.8, 4) is 0 Å². The second-order valence-corrected chi connectivity index (χ2v) is 10.9. The lowest BCUT2D eigenvalue weighted by Crippen LogP contribution is -2.49. The Labute approximate surface area is 182 Å². The van der Waals surface area contributed by atoms with Gasteiger partial charge in [-0.1, -0.05) is 31.9 Å². The number of sulfone groups is 1. The zero-order valence-electron chi connectivity index (χ0n) is 17.2. The number of carbonyl (C=O) groups is 2. The molecule has 2 amide bonds. The van der Waals surface area contributed by atoms with Crippen LogP contribution in [0.25, 0.3) is 0 Å². The summed E-state index contributed by atoms with van der Waals surface area (Å²) in [6.07, 6.45) is 6.52. The van der Waals surface area contributed by atoms with Crippen molar-refractivity contribution in [1.29, 1.82) is 0 Å². The quantitative estimate of drug-likeness (QED) is 0.609. The predicted octanol–water partition coefficient (Wildman–Crippen LogP) is 3.41. The van der Waals surface area contributed by atoms with E-state index in [4.69, 9.17) is 0 Å². The minimum atomic E-state index is -3.25. The van der Waals surface area contributed by atoms with Crippen molar-refractivity contribution in [3.63, 3.8) is 0 Å². The van der Waals surface area contributed by atoms with Gasteiger partial charge in [0.1, 0.15) is 15.9 Å². The lowest BCUT2D eigenvalue weighted by Gasteiger charge is -2.27. The van der Waals surface area contributed by atoms with Crippen molar-refractivity contribution >= 4 is 37.6 Å². The van der Waals surface area contributed by atoms with E-state index in [9.17, 15) is 18.0 Å². The molecule has 0 radical (unpaired) electrons. The number of hydrogen-bond donors (Lipinski definition) is 1. The average molecular weight is 487 g/mol. The van der Waals surface area contributed by atoms with E-state index in [1.807, 2.05) is 0 Å². The summed E-state index contributed by atoms with van der Waals surface area (Å²) < 4.78 is 24.0. The summed E-state index contributed by atoms with van der Waals surface area (Å²) >= 11 is 3.35. The number of halogens is 1. The molecule has 0 saturated carbocycles. The summed E-state index contributed by atoms with van der Waals surface area (Å²) in [5.74, 6) is -0.0947. The molecule has 0 aliphatic carbocycles. The lowest BCUT2D eigenvalue weighted by molar-refractivity contribution is -0.133. The fourth-order valence-corrected chi connectivity index (χ4v) is 4.90. The number of nitrogens with one attached hydrogen (secondary N) is 1. The molecule has 29 heavy (non-hydrogen) atoms. The van der Waals surface area contributed by atoms with E-state index in [-0.39, 0.29) is 24.0 Å². The van der Waals surface area contributed by atoms with Gasteiger partial charge in [-0.3, -0.25) is 9.59 Å². The van der Waals surface area contributed by atoms with Crippen LogP contribution in [0, 0.1) is 5.92 Å². The number of hydrogen-bond acceptors (Lipinski definition) is 4. The molecule has 6 nitrogen and oxygen atoms in total. The van der Waals surface area contributed by atoms with Crippen molar-refractivity contribution in [2.45, 2.75) is 51.5 Å². The smallest absolute Gasteiger partial charge is 0.253 e. The van der Waals surface area contributed by atoms with E-state index in [0.717, 1.165) is 38.4 Å². The van der Waals surface area contributed by atoms with Crippen molar-refractivity contribution in [3.05, 3.63) is 34.3 Å². The zero-order valence-corrected chi connectivity index (χ0v) is 19.6. The van der Waals surface area contributed by atoms with Crippen LogP contribution in [0.2, 0.25) is 0 Å². The first-order chi connectivity index (χ1) is 13.7. The number of amides is 2. The zero-order chi connectivity index (χ0) is 21.4. The first kappa shape index (κ1) is 23.9. The highest BCUT2D eigenvalue weighted by atomic mass is 79.9. The first-order valence-electron chi connectivity index (χ1n) is 10.2. The molecule has 0 spiro atoms. The predicted molar refractivity (Wildman–Crippen MR) is 119 cm³/mol. The Bertz CT molecular complexity index is 813. The third-order valence-corrected chi connectivity index (χ3v) is 7.02. The highest BCUT2D eigenvalue weighted by molar-refractivity contribution is 9.10. The molecule has 162 valence electrons. The minimum Gasteiger partial charge on any atom is -0.341 e. The van der Waals surface area contributed by atoms with Crippen molar-refractivity contribution in [1.82, 2.24) is 10.2 Å². The summed E-state index contributed by atoms with van der Waals surface area (Å²) in [5, 5.41) is 2.78.